The smallest absolute Gasteiger partial charge is 0.119 e. The molecule has 2 rings (SSSR count). The topological polar surface area (TPSA) is 41.5 Å². The third-order valence-electron chi connectivity index (χ3n) is 3.58. The van der Waals surface area contributed by atoms with Gasteiger partial charge in [0.05, 0.1) is 12.7 Å². The van der Waals surface area contributed by atoms with E-state index < -0.39 is 0 Å². The van der Waals surface area contributed by atoms with Gasteiger partial charge in [-0.3, -0.25) is 0 Å². The number of rotatable bonds is 6. The molecule has 3 nitrogen and oxygen atoms in total. The van der Waals surface area contributed by atoms with Crippen LogP contribution in [0, 0.1) is 0 Å². The average Bonchev–Trinajstić information content (AvgIpc) is 2.93. The zero-order valence-corrected chi connectivity index (χ0v) is 11.1. The second kappa shape index (κ2) is 6.76. The Labute approximate surface area is 109 Å². The highest BCUT2D eigenvalue weighted by Crippen LogP contribution is 2.15. The van der Waals surface area contributed by atoms with Crippen LogP contribution in [0.1, 0.15) is 31.7 Å². The maximum Gasteiger partial charge on any atom is 0.119 e. The molecule has 1 aliphatic rings. The highest BCUT2D eigenvalue weighted by Gasteiger charge is 2.22. The van der Waals surface area contributed by atoms with E-state index in [-0.39, 0.29) is 12.1 Å². The van der Waals surface area contributed by atoms with E-state index in [1.807, 2.05) is 12.1 Å². The lowest BCUT2D eigenvalue weighted by atomic mass is 10.1. The van der Waals surface area contributed by atoms with Crippen molar-refractivity contribution in [2.75, 3.05) is 13.2 Å². The number of aliphatic hydroxyl groups is 1. The highest BCUT2D eigenvalue weighted by molar-refractivity contribution is 5.27. The standard InChI is InChI=1S/C15H23NO2/c1-2-12-5-7-13(8-6-12)18-11-9-15(17)14-4-3-10-16-14/h5-8,14-17H,2-4,9-11H2,1H3. The first-order chi connectivity index (χ1) is 8.79. The highest BCUT2D eigenvalue weighted by atomic mass is 16.5. The molecule has 3 heteroatoms. The Kier molecular flexibility index (Phi) is 5.02. The van der Waals surface area contributed by atoms with Crippen molar-refractivity contribution >= 4 is 0 Å². The second-order valence-electron chi connectivity index (χ2n) is 4.90. The van der Waals surface area contributed by atoms with Gasteiger partial charge in [0.25, 0.3) is 0 Å². The van der Waals surface area contributed by atoms with Gasteiger partial charge in [0, 0.05) is 12.5 Å². The van der Waals surface area contributed by atoms with E-state index in [1.165, 1.54) is 12.0 Å². The molecule has 2 atom stereocenters. The fourth-order valence-corrected chi connectivity index (χ4v) is 2.36. The molecule has 0 radical (unpaired) electrons. The minimum atomic E-state index is -0.289. The van der Waals surface area contributed by atoms with Crippen LogP contribution in [-0.4, -0.2) is 30.4 Å². The van der Waals surface area contributed by atoms with Crippen LogP contribution in [0.4, 0.5) is 0 Å². The predicted octanol–water partition coefficient (Wildman–Crippen LogP) is 2.13. The van der Waals surface area contributed by atoms with Gasteiger partial charge in [0.2, 0.25) is 0 Å². The summed E-state index contributed by atoms with van der Waals surface area (Å²) in [7, 11) is 0. The number of hydrogen-bond donors (Lipinski definition) is 2. The molecule has 2 unspecified atom stereocenters. The van der Waals surface area contributed by atoms with Gasteiger partial charge in [-0.15, -0.1) is 0 Å². The van der Waals surface area contributed by atoms with Gasteiger partial charge in [-0.25, -0.2) is 0 Å². The first-order valence-corrected chi connectivity index (χ1v) is 6.93. The van der Waals surface area contributed by atoms with Gasteiger partial charge in [-0.2, -0.15) is 0 Å². The van der Waals surface area contributed by atoms with Crippen LogP contribution in [0.2, 0.25) is 0 Å². The molecule has 1 aromatic carbocycles. The molecule has 0 amide bonds. The Hall–Kier alpha value is -1.06. The maximum absolute atomic E-state index is 9.97. The Morgan fingerprint density at radius 3 is 2.78 bits per heavy atom. The summed E-state index contributed by atoms with van der Waals surface area (Å²) in [5.41, 5.74) is 1.32. The average molecular weight is 249 g/mol. The molecule has 0 aromatic heterocycles. The summed E-state index contributed by atoms with van der Waals surface area (Å²) in [5.74, 6) is 0.888. The monoisotopic (exact) mass is 249 g/mol. The van der Waals surface area contributed by atoms with Crippen molar-refractivity contribution < 1.29 is 9.84 Å². The van der Waals surface area contributed by atoms with E-state index in [0.717, 1.165) is 25.1 Å². The van der Waals surface area contributed by atoms with Gasteiger partial charge in [0.1, 0.15) is 5.75 Å². The van der Waals surface area contributed by atoms with Crippen molar-refractivity contribution in [2.24, 2.45) is 0 Å². The summed E-state index contributed by atoms with van der Waals surface area (Å²) in [4.78, 5) is 0. The van der Waals surface area contributed by atoms with Gasteiger partial charge in [-0.1, -0.05) is 19.1 Å². The fourth-order valence-electron chi connectivity index (χ4n) is 2.36. The van der Waals surface area contributed by atoms with Gasteiger partial charge >= 0.3 is 0 Å². The maximum atomic E-state index is 9.97. The molecule has 1 saturated heterocycles. The molecule has 0 saturated carbocycles. The minimum Gasteiger partial charge on any atom is -0.493 e. The molecule has 1 aliphatic heterocycles. The molecule has 2 N–H and O–H groups in total. The zero-order valence-electron chi connectivity index (χ0n) is 11.1. The fraction of sp³-hybridized carbons (Fsp3) is 0.600. The van der Waals surface area contributed by atoms with Crippen LogP contribution >= 0.6 is 0 Å². The summed E-state index contributed by atoms with van der Waals surface area (Å²) < 4.78 is 5.65. The van der Waals surface area contributed by atoms with E-state index >= 15 is 0 Å². The lowest BCUT2D eigenvalue weighted by molar-refractivity contribution is 0.107. The number of benzene rings is 1. The Balaban J connectivity index is 1.70. The van der Waals surface area contributed by atoms with E-state index in [1.54, 1.807) is 0 Å². The van der Waals surface area contributed by atoms with Crippen molar-refractivity contribution in [2.45, 2.75) is 44.8 Å². The first kappa shape index (κ1) is 13.4. The Bertz CT molecular complexity index is 344. The lowest BCUT2D eigenvalue weighted by Crippen LogP contribution is -2.35. The van der Waals surface area contributed by atoms with Crippen molar-refractivity contribution in [3.63, 3.8) is 0 Å². The largest absolute Gasteiger partial charge is 0.493 e. The van der Waals surface area contributed by atoms with E-state index in [4.69, 9.17) is 4.74 Å². The third-order valence-corrected chi connectivity index (χ3v) is 3.58. The van der Waals surface area contributed by atoms with Crippen LogP contribution in [0.25, 0.3) is 0 Å². The number of aliphatic hydroxyl groups excluding tert-OH is 1. The van der Waals surface area contributed by atoms with E-state index in [9.17, 15) is 5.11 Å². The van der Waals surface area contributed by atoms with Crippen LogP contribution in [0.3, 0.4) is 0 Å². The molecule has 1 aromatic rings. The molecule has 18 heavy (non-hydrogen) atoms. The molecular weight excluding hydrogens is 226 g/mol. The number of hydrogen-bond acceptors (Lipinski definition) is 3. The predicted molar refractivity (Wildman–Crippen MR) is 73.0 cm³/mol. The third kappa shape index (κ3) is 3.72. The summed E-state index contributed by atoms with van der Waals surface area (Å²) >= 11 is 0. The first-order valence-electron chi connectivity index (χ1n) is 6.93. The van der Waals surface area contributed by atoms with Crippen LogP contribution in [0.15, 0.2) is 24.3 Å². The zero-order chi connectivity index (χ0) is 12.8. The molecule has 1 heterocycles. The van der Waals surface area contributed by atoms with Crippen molar-refractivity contribution in [3.8, 4) is 5.75 Å². The van der Waals surface area contributed by atoms with Gasteiger partial charge in [-0.05, 0) is 43.5 Å². The molecule has 0 spiro atoms. The summed E-state index contributed by atoms with van der Waals surface area (Å²) in [6, 6.07) is 8.43. The number of aryl methyl sites for hydroxylation is 1. The van der Waals surface area contributed by atoms with Gasteiger partial charge < -0.3 is 15.2 Å². The minimum absolute atomic E-state index is 0.260. The SMILES string of the molecule is CCc1ccc(OCCC(O)C2CCCN2)cc1. The Morgan fingerprint density at radius 1 is 1.39 bits per heavy atom. The van der Waals surface area contributed by atoms with Crippen molar-refractivity contribution in [1.82, 2.24) is 5.32 Å². The molecular formula is C15H23NO2. The summed E-state index contributed by atoms with van der Waals surface area (Å²) in [6.07, 6.45) is 3.69. The van der Waals surface area contributed by atoms with Crippen LogP contribution in [0.5, 0.6) is 5.75 Å². The molecule has 1 fully saturated rings. The molecule has 100 valence electrons. The molecule has 0 aliphatic carbocycles. The van der Waals surface area contributed by atoms with Crippen LogP contribution in [-0.2, 0) is 6.42 Å². The van der Waals surface area contributed by atoms with Crippen molar-refractivity contribution in [1.29, 1.82) is 0 Å². The number of ether oxygens (including phenoxy) is 1. The quantitative estimate of drug-likeness (QED) is 0.811. The van der Waals surface area contributed by atoms with E-state index in [0.29, 0.717) is 13.0 Å². The number of nitrogens with one attached hydrogen (secondary N) is 1. The van der Waals surface area contributed by atoms with Gasteiger partial charge in [0.15, 0.2) is 0 Å². The van der Waals surface area contributed by atoms with E-state index in [2.05, 4.69) is 24.4 Å². The lowest BCUT2D eigenvalue weighted by Gasteiger charge is -2.18. The molecule has 0 bridgehead atoms. The summed E-state index contributed by atoms with van der Waals surface area (Å²) in [6.45, 7) is 3.74. The Morgan fingerprint density at radius 2 is 2.17 bits per heavy atom. The summed E-state index contributed by atoms with van der Waals surface area (Å²) in [5, 5.41) is 13.3. The van der Waals surface area contributed by atoms with Crippen molar-refractivity contribution in [3.05, 3.63) is 29.8 Å². The second-order valence-corrected chi connectivity index (χ2v) is 4.90. The normalized spacial score (nSPS) is 20.9. The van der Waals surface area contributed by atoms with Crippen LogP contribution < -0.4 is 10.1 Å².